The normalized spacial score (nSPS) is 12.8. The van der Waals surface area contributed by atoms with Gasteiger partial charge in [0.15, 0.2) is 6.10 Å². The Kier molecular flexibility index (Phi) is 6.73. The van der Waals surface area contributed by atoms with Gasteiger partial charge in [-0.05, 0) is 75.1 Å². The van der Waals surface area contributed by atoms with Crippen LogP contribution in [0.2, 0.25) is 0 Å². The molecule has 0 aliphatic carbocycles. The predicted molar refractivity (Wildman–Crippen MR) is 118 cm³/mol. The van der Waals surface area contributed by atoms with Gasteiger partial charge in [-0.2, -0.15) is 0 Å². The number of hydrogen-bond acceptors (Lipinski definition) is 3. The molecule has 2 amide bonds. The summed E-state index contributed by atoms with van der Waals surface area (Å²) in [5, 5.41) is 5.72. The largest absolute Gasteiger partial charge is 0.481 e. The summed E-state index contributed by atoms with van der Waals surface area (Å²) in [6, 6.07) is 14.6. The molecule has 0 heterocycles. The molecular formula is C24H32N2O3. The summed E-state index contributed by atoms with van der Waals surface area (Å²) in [7, 11) is 0. The molecule has 2 aromatic carbocycles. The van der Waals surface area contributed by atoms with Gasteiger partial charge >= 0.3 is 0 Å². The van der Waals surface area contributed by atoms with Crippen LogP contribution in [0.1, 0.15) is 64.4 Å². The number of ether oxygens (including phenoxy) is 1. The summed E-state index contributed by atoms with van der Waals surface area (Å²) >= 11 is 0. The molecule has 0 spiro atoms. The maximum Gasteiger partial charge on any atom is 0.265 e. The first kappa shape index (κ1) is 22.5. The number of anilines is 1. The Morgan fingerprint density at radius 2 is 1.41 bits per heavy atom. The highest BCUT2D eigenvalue weighted by molar-refractivity contribution is 5.97. The number of carbonyl (C=O) groups excluding carboxylic acids is 2. The molecule has 0 aliphatic heterocycles. The van der Waals surface area contributed by atoms with Crippen LogP contribution in [-0.4, -0.2) is 23.5 Å². The average molecular weight is 397 g/mol. The number of benzene rings is 2. The van der Waals surface area contributed by atoms with Crippen molar-refractivity contribution in [1.29, 1.82) is 0 Å². The highest BCUT2D eigenvalue weighted by Crippen LogP contribution is 2.24. The Hall–Kier alpha value is -2.82. The van der Waals surface area contributed by atoms with E-state index < -0.39 is 6.10 Å². The van der Waals surface area contributed by atoms with Crippen LogP contribution in [0.4, 0.5) is 5.69 Å². The minimum absolute atomic E-state index is 0.0669. The topological polar surface area (TPSA) is 67.4 Å². The molecule has 0 fully saturated rings. The predicted octanol–water partition coefficient (Wildman–Crippen LogP) is 4.92. The minimum atomic E-state index is -0.653. The van der Waals surface area contributed by atoms with Crippen molar-refractivity contribution >= 4 is 17.5 Å². The highest BCUT2D eigenvalue weighted by atomic mass is 16.5. The van der Waals surface area contributed by atoms with Crippen molar-refractivity contribution in [1.82, 2.24) is 5.32 Å². The number of rotatable bonds is 5. The fraction of sp³-hybridized carbons (Fsp3) is 0.417. The molecule has 0 aromatic heterocycles. The maximum absolute atomic E-state index is 12.4. The lowest BCUT2D eigenvalue weighted by molar-refractivity contribution is -0.122. The van der Waals surface area contributed by atoms with Gasteiger partial charge in [0, 0.05) is 16.8 Å². The second-order valence-corrected chi connectivity index (χ2v) is 9.31. The molecule has 0 aliphatic rings. The molecule has 2 N–H and O–H groups in total. The molecule has 0 saturated carbocycles. The summed E-state index contributed by atoms with van der Waals surface area (Å²) in [6.45, 7) is 13.9. The average Bonchev–Trinajstić information content (AvgIpc) is 2.60. The zero-order chi connectivity index (χ0) is 21.8. The Morgan fingerprint density at radius 1 is 0.862 bits per heavy atom. The van der Waals surface area contributed by atoms with Crippen LogP contribution in [0.25, 0.3) is 0 Å². The number of amides is 2. The quantitative estimate of drug-likeness (QED) is 0.754. The fourth-order valence-electron chi connectivity index (χ4n) is 2.65. The Bertz CT molecular complexity index is 842. The van der Waals surface area contributed by atoms with Crippen LogP contribution in [0, 0.1) is 0 Å². The van der Waals surface area contributed by atoms with E-state index in [9.17, 15) is 9.59 Å². The molecule has 5 nitrogen and oxygen atoms in total. The van der Waals surface area contributed by atoms with E-state index in [0.29, 0.717) is 17.0 Å². The molecule has 29 heavy (non-hydrogen) atoms. The highest BCUT2D eigenvalue weighted by Gasteiger charge is 2.18. The molecular weight excluding hydrogens is 364 g/mol. The maximum atomic E-state index is 12.4. The van der Waals surface area contributed by atoms with Crippen LogP contribution in [0.15, 0.2) is 48.5 Å². The van der Waals surface area contributed by atoms with Crippen LogP contribution in [0.3, 0.4) is 0 Å². The van der Waals surface area contributed by atoms with E-state index >= 15 is 0 Å². The molecule has 5 heteroatoms. The van der Waals surface area contributed by atoms with Crippen molar-refractivity contribution in [3.63, 3.8) is 0 Å². The number of carbonyl (C=O) groups is 2. The molecule has 0 saturated heterocycles. The van der Waals surface area contributed by atoms with Gasteiger partial charge in [0.05, 0.1) is 0 Å². The second kappa shape index (κ2) is 8.68. The first-order valence-corrected chi connectivity index (χ1v) is 9.86. The van der Waals surface area contributed by atoms with E-state index in [2.05, 4.69) is 31.4 Å². The monoisotopic (exact) mass is 396 g/mol. The summed E-state index contributed by atoms with van der Waals surface area (Å²) in [6.07, 6.45) is -0.653. The first-order valence-electron chi connectivity index (χ1n) is 9.86. The van der Waals surface area contributed by atoms with Crippen molar-refractivity contribution in [2.75, 3.05) is 5.32 Å². The lowest BCUT2D eigenvalue weighted by atomic mass is 9.87. The van der Waals surface area contributed by atoms with Crippen LogP contribution >= 0.6 is 0 Å². The minimum Gasteiger partial charge on any atom is -0.481 e. The first-order chi connectivity index (χ1) is 13.3. The summed E-state index contributed by atoms with van der Waals surface area (Å²) in [5.41, 5.74) is 2.12. The van der Waals surface area contributed by atoms with E-state index in [1.54, 1.807) is 31.2 Å². The number of hydrogen-bond donors (Lipinski definition) is 2. The summed E-state index contributed by atoms with van der Waals surface area (Å²) in [4.78, 5) is 24.6. The molecule has 1 unspecified atom stereocenters. The molecule has 2 aromatic rings. The number of nitrogens with one attached hydrogen (secondary N) is 2. The van der Waals surface area contributed by atoms with Crippen molar-refractivity contribution in [2.24, 2.45) is 0 Å². The Morgan fingerprint density at radius 3 is 1.90 bits per heavy atom. The van der Waals surface area contributed by atoms with Gasteiger partial charge in [0.2, 0.25) is 0 Å². The zero-order valence-electron chi connectivity index (χ0n) is 18.4. The van der Waals surface area contributed by atoms with Crippen molar-refractivity contribution in [3.05, 3.63) is 59.7 Å². The second-order valence-electron chi connectivity index (χ2n) is 9.31. The van der Waals surface area contributed by atoms with Gasteiger partial charge in [0.1, 0.15) is 5.75 Å². The third-order valence-electron chi connectivity index (χ3n) is 4.31. The van der Waals surface area contributed by atoms with Crippen LogP contribution in [-0.2, 0) is 10.2 Å². The van der Waals surface area contributed by atoms with E-state index in [0.717, 1.165) is 0 Å². The molecule has 0 radical (unpaired) electrons. The molecule has 156 valence electrons. The zero-order valence-corrected chi connectivity index (χ0v) is 18.4. The smallest absolute Gasteiger partial charge is 0.265 e. The van der Waals surface area contributed by atoms with Gasteiger partial charge in [0.25, 0.3) is 11.8 Å². The van der Waals surface area contributed by atoms with E-state index in [1.807, 2.05) is 45.0 Å². The Balaban J connectivity index is 1.94. The SMILES string of the molecule is CC(Oc1ccc(C(C)(C)C)cc1)C(=O)Nc1ccc(C(=O)NC(C)(C)C)cc1. The van der Waals surface area contributed by atoms with Crippen molar-refractivity contribution in [2.45, 2.75) is 65.5 Å². The molecule has 0 bridgehead atoms. The van der Waals surface area contributed by atoms with Gasteiger partial charge in [-0.25, -0.2) is 0 Å². The van der Waals surface area contributed by atoms with Crippen LogP contribution in [0.5, 0.6) is 5.75 Å². The summed E-state index contributed by atoms with van der Waals surface area (Å²) < 4.78 is 5.76. The van der Waals surface area contributed by atoms with E-state index in [4.69, 9.17) is 4.74 Å². The van der Waals surface area contributed by atoms with Gasteiger partial charge in [-0.15, -0.1) is 0 Å². The van der Waals surface area contributed by atoms with Gasteiger partial charge in [-0.1, -0.05) is 32.9 Å². The van der Waals surface area contributed by atoms with E-state index in [1.165, 1.54) is 5.56 Å². The third kappa shape index (κ3) is 6.93. The fourth-order valence-corrected chi connectivity index (χ4v) is 2.65. The van der Waals surface area contributed by atoms with Crippen molar-refractivity contribution in [3.8, 4) is 5.75 Å². The molecule has 2 rings (SSSR count). The Labute approximate surface area is 173 Å². The summed E-state index contributed by atoms with van der Waals surface area (Å²) in [5.74, 6) is 0.248. The third-order valence-corrected chi connectivity index (χ3v) is 4.31. The van der Waals surface area contributed by atoms with E-state index in [-0.39, 0.29) is 22.8 Å². The van der Waals surface area contributed by atoms with Gasteiger partial charge < -0.3 is 15.4 Å². The van der Waals surface area contributed by atoms with Crippen molar-refractivity contribution < 1.29 is 14.3 Å². The lowest BCUT2D eigenvalue weighted by Gasteiger charge is -2.21. The lowest BCUT2D eigenvalue weighted by Crippen LogP contribution is -2.40. The standard InChI is InChI=1S/C24H32N2O3/c1-16(29-20-14-10-18(11-15-20)23(2,3)4)21(27)25-19-12-8-17(9-13-19)22(28)26-24(5,6)7/h8-16H,1-7H3,(H,25,27)(H,26,28). The van der Waals surface area contributed by atoms with Crippen LogP contribution < -0.4 is 15.4 Å². The van der Waals surface area contributed by atoms with Gasteiger partial charge in [-0.3, -0.25) is 9.59 Å². The molecule has 1 atom stereocenters.